The molecule has 0 saturated heterocycles. The first kappa shape index (κ1) is 16.7. The van der Waals surface area contributed by atoms with Gasteiger partial charge in [-0.25, -0.2) is 0 Å². The Labute approximate surface area is 150 Å². The van der Waals surface area contributed by atoms with Crippen LogP contribution in [0.4, 0.5) is 8.78 Å². The molecular weight excluding hydrogens is 360 g/mol. The molecule has 4 rings (SSSR count). The van der Waals surface area contributed by atoms with E-state index in [1.54, 1.807) is 24.3 Å². The molecule has 136 valence electrons. The van der Waals surface area contributed by atoms with E-state index in [9.17, 15) is 8.78 Å². The molecular formula is C16H11F2N7O2. The van der Waals surface area contributed by atoms with Crippen LogP contribution in [-0.4, -0.2) is 35.8 Å². The number of ether oxygens (including phenoxy) is 1. The van der Waals surface area contributed by atoms with Crippen LogP contribution in [0.25, 0.3) is 22.8 Å². The maximum absolute atomic E-state index is 12.5. The average Bonchev–Trinajstić information content (AvgIpc) is 3.39. The van der Waals surface area contributed by atoms with Crippen LogP contribution in [-0.2, 0) is 6.61 Å². The Morgan fingerprint density at radius 2 is 1.81 bits per heavy atom. The zero-order chi connectivity index (χ0) is 18.6. The van der Waals surface area contributed by atoms with Gasteiger partial charge in [0.05, 0.1) is 11.3 Å². The number of rotatable bonds is 6. The largest absolute Gasteiger partial charge is 0.487 e. The molecule has 0 aliphatic heterocycles. The van der Waals surface area contributed by atoms with E-state index in [4.69, 9.17) is 9.15 Å². The molecule has 4 aromatic rings. The van der Waals surface area contributed by atoms with Crippen LogP contribution in [0.1, 0.15) is 18.0 Å². The number of aromatic nitrogens is 7. The molecule has 27 heavy (non-hydrogen) atoms. The highest BCUT2D eigenvalue weighted by molar-refractivity contribution is 5.55. The van der Waals surface area contributed by atoms with Gasteiger partial charge in [-0.1, -0.05) is 0 Å². The van der Waals surface area contributed by atoms with E-state index < -0.39 is 12.3 Å². The second-order valence-electron chi connectivity index (χ2n) is 5.33. The zero-order valence-electron chi connectivity index (χ0n) is 13.6. The molecule has 0 spiro atoms. The lowest BCUT2D eigenvalue weighted by Crippen LogP contribution is -1.98. The van der Waals surface area contributed by atoms with Crippen LogP contribution < -0.4 is 4.74 Å². The van der Waals surface area contributed by atoms with Gasteiger partial charge in [-0.2, -0.15) is 14.0 Å². The van der Waals surface area contributed by atoms with Gasteiger partial charge in [-0.3, -0.25) is 4.98 Å². The zero-order valence-corrected chi connectivity index (χ0v) is 13.6. The number of H-pyrrole nitrogens is 1. The summed E-state index contributed by atoms with van der Waals surface area (Å²) in [5.41, 5.74) is 1.90. The lowest BCUT2D eigenvalue weighted by molar-refractivity contribution is 0.116. The predicted molar refractivity (Wildman–Crippen MR) is 86.4 cm³/mol. The Hall–Kier alpha value is -3.76. The highest BCUT2D eigenvalue weighted by atomic mass is 19.3. The SMILES string of the molecule is FC(F)c1nnc(-c2ccc(COc3ccc(-c4nn[nH]n4)cc3)nc2)o1. The van der Waals surface area contributed by atoms with Crippen LogP contribution in [0, 0.1) is 0 Å². The molecule has 0 fully saturated rings. The van der Waals surface area contributed by atoms with E-state index in [2.05, 4.69) is 35.8 Å². The van der Waals surface area contributed by atoms with Gasteiger partial charge in [0, 0.05) is 11.8 Å². The van der Waals surface area contributed by atoms with Gasteiger partial charge in [0.15, 0.2) is 0 Å². The second kappa shape index (κ2) is 7.23. The molecule has 0 bridgehead atoms. The molecule has 0 aliphatic rings. The summed E-state index contributed by atoms with van der Waals surface area (Å²) < 4.78 is 35.5. The standard InChI is InChI=1S/C16H11F2N7O2/c17-13(18)16-23-22-15(27-16)10-1-4-11(19-7-10)8-26-12-5-2-9(3-6-12)14-20-24-25-21-14/h1-7,13H,8H2,(H,20,21,24,25). The summed E-state index contributed by atoms with van der Waals surface area (Å²) in [7, 11) is 0. The molecule has 0 amide bonds. The second-order valence-corrected chi connectivity index (χ2v) is 5.33. The number of halogens is 2. The Morgan fingerprint density at radius 3 is 2.44 bits per heavy atom. The topological polar surface area (TPSA) is 116 Å². The highest BCUT2D eigenvalue weighted by Gasteiger charge is 2.17. The maximum atomic E-state index is 12.5. The fourth-order valence-electron chi connectivity index (χ4n) is 2.22. The normalized spacial score (nSPS) is 11.1. The number of hydrogen-bond donors (Lipinski definition) is 1. The summed E-state index contributed by atoms with van der Waals surface area (Å²) in [5, 5.41) is 20.6. The van der Waals surface area contributed by atoms with E-state index in [0.717, 1.165) is 5.56 Å². The Balaban J connectivity index is 1.38. The van der Waals surface area contributed by atoms with E-state index in [1.807, 2.05) is 12.1 Å². The molecule has 0 aliphatic carbocycles. The summed E-state index contributed by atoms with van der Waals surface area (Å²) >= 11 is 0. The predicted octanol–water partition coefficient (Wildman–Crippen LogP) is 2.83. The molecule has 0 atom stereocenters. The summed E-state index contributed by atoms with van der Waals surface area (Å²) in [5.74, 6) is 0.408. The van der Waals surface area contributed by atoms with E-state index in [-0.39, 0.29) is 12.5 Å². The van der Waals surface area contributed by atoms with Gasteiger partial charge in [0.2, 0.25) is 11.7 Å². The van der Waals surface area contributed by atoms with Gasteiger partial charge >= 0.3 is 6.43 Å². The minimum Gasteiger partial charge on any atom is -0.487 e. The summed E-state index contributed by atoms with van der Waals surface area (Å²) in [6.45, 7) is 0.230. The van der Waals surface area contributed by atoms with Crippen LogP contribution >= 0.6 is 0 Å². The molecule has 11 heteroatoms. The number of aromatic amines is 1. The van der Waals surface area contributed by atoms with Crippen molar-refractivity contribution in [3.8, 4) is 28.6 Å². The van der Waals surface area contributed by atoms with Crippen LogP contribution in [0.2, 0.25) is 0 Å². The number of tetrazole rings is 1. The van der Waals surface area contributed by atoms with Gasteiger partial charge in [-0.05, 0) is 41.6 Å². The molecule has 1 N–H and O–H groups in total. The summed E-state index contributed by atoms with van der Waals surface area (Å²) in [6, 6.07) is 10.5. The summed E-state index contributed by atoms with van der Waals surface area (Å²) in [4.78, 5) is 4.21. The molecule has 3 aromatic heterocycles. The van der Waals surface area contributed by atoms with Gasteiger partial charge in [0.1, 0.15) is 12.4 Å². The Morgan fingerprint density at radius 1 is 1.00 bits per heavy atom. The van der Waals surface area contributed by atoms with Crippen molar-refractivity contribution in [1.29, 1.82) is 0 Å². The first-order chi connectivity index (χ1) is 13.2. The number of benzene rings is 1. The third kappa shape index (κ3) is 3.76. The quantitative estimate of drug-likeness (QED) is 0.550. The number of pyridine rings is 1. The smallest absolute Gasteiger partial charge is 0.314 e. The number of nitrogens with zero attached hydrogens (tertiary/aromatic N) is 6. The van der Waals surface area contributed by atoms with E-state index >= 15 is 0 Å². The first-order valence-corrected chi connectivity index (χ1v) is 7.72. The van der Waals surface area contributed by atoms with Crippen molar-refractivity contribution in [2.45, 2.75) is 13.0 Å². The minimum atomic E-state index is -2.81. The number of alkyl halides is 2. The van der Waals surface area contributed by atoms with E-state index in [0.29, 0.717) is 22.8 Å². The monoisotopic (exact) mass is 371 g/mol. The van der Waals surface area contributed by atoms with Crippen molar-refractivity contribution in [3.05, 3.63) is 54.2 Å². The summed E-state index contributed by atoms with van der Waals surface area (Å²) in [6.07, 6.45) is -1.35. The molecule has 1 aromatic carbocycles. The lowest BCUT2D eigenvalue weighted by Gasteiger charge is -2.06. The van der Waals surface area contributed by atoms with Gasteiger partial charge in [-0.15, -0.1) is 20.4 Å². The lowest BCUT2D eigenvalue weighted by atomic mass is 10.2. The first-order valence-electron chi connectivity index (χ1n) is 7.72. The Bertz CT molecular complexity index is 1000. The van der Waals surface area contributed by atoms with Crippen LogP contribution in [0.15, 0.2) is 47.0 Å². The van der Waals surface area contributed by atoms with Gasteiger partial charge < -0.3 is 9.15 Å². The fraction of sp³-hybridized carbons (Fsp3) is 0.125. The average molecular weight is 371 g/mol. The third-order valence-electron chi connectivity index (χ3n) is 3.54. The van der Waals surface area contributed by atoms with Crippen molar-refractivity contribution in [1.82, 2.24) is 35.8 Å². The van der Waals surface area contributed by atoms with Crippen molar-refractivity contribution in [2.24, 2.45) is 0 Å². The van der Waals surface area contributed by atoms with Crippen molar-refractivity contribution >= 4 is 0 Å². The number of hydrogen-bond acceptors (Lipinski definition) is 8. The maximum Gasteiger partial charge on any atom is 0.314 e. The third-order valence-corrected chi connectivity index (χ3v) is 3.54. The molecule has 0 unspecified atom stereocenters. The molecule has 0 saturated carbocycles. The van der Waals surface area contributed by atoms with Crippen molar-refractivity contribution in [3.63, 3.8) is 0 Å². The van der Waals surface area contributed by atoms with Crippen molar-refractivity contribution < 1.29 is 17.9 Å². The molecule has 3 heterocycles. The molecule has 9 nitrogen and oxygen atoms in total. The highest BCUT2D eigenvalue weighted by Crippen LogP contribution is 2.23. The number of nitrogens with one attached hydrogen (secondary N) is 1. The minimum absolute atomic E-state index is 0.0117. The molecule has 0 radical (unpaired) electrons. The van der Waals surface area contributed by atoms with Crippen molar-refractivity contribution in [2.75, 3.05) is 0 Å². The van der Waals surface area contributed by atoms with Crippen LogP contribution in [0.3, 0.4) is 0 Å². The fourth-order valence-corrected chi connectivity index (χ4v) is 2.22. The Kier molecular flexibility index (Phi) is 4.47. The van der Waals surface area contributed by atoms with E-state index in [1.165, 1.54) is 6.20 Å². The van der Waals surface area contributed by atoms with Gasteiger partial charge in [0.25, 0.3) is 5.89 Å². The van der Waals surface area contributed by atoms with Crippen LogP contribution in [0.5, 0.6) is 5.75 Å².